The molecule has 3 aliphatic rings. The van der Waals surface area contributed by atoms with Gasteiger partial charge in [0.2, 0.25) is 5.91 Å². The summed E-state index contributed by atoms with van der Waals surface area (Å²) in [4.78, 5) is 14.9. The molecular weight excluding hydrogens is 345 g/mol. The van der Waals surface area contributed by atoms with Gasteiger partial charge in [0.1, 0.15) is 17.5 Å². The molecule has 0 bridgehead atoms. The normalized spacial score (nSPS) is 25.3. The Labute approximate surface area is 157 Å². The topological polar surface area (TPSA) is 63.1 Å². The van der Waals surface area contributed by atoms with E-state index < -0.39 is 0 Å². The lowest BCUT2D eigenvalue weighted by atomic mass is 9.95. The molecule has 2 fully saturated rings. The van der Waals surface area contributed by atoms with Crippen LogP contribution in [0.4, 0.5) is 4.39 Å². The molecule has 0 spiro atoms. The van der Waals surface area contributed by atoms with Crippen LogP contribution in [-0.2, 0) is 17.9 Å². The Morgan fingerprint density at radius 1 is 1.11 bits per heavy atom. The molecule has 5 rings (SSSR count). The summed E-state index contributed by atoms with van der Waals surface area (Å²) >= 11 is 0. The van der Waals surface area contributed by atoms with Gasteiger partial charge in [-0.05, 0) is 42.9 Å². The predicted molar refractivity (Wildman–Crippen MR) is 97.5 cm³/mol. The number of aromatic nitrogens is 3. The minimum Gasteiger partial charge on any atom is -0.342 e. The number of amides is 1. The lowest BCUT2D eigenvalue weighted by Gasteiger charge is -2.32. The minimum atomic E-state index is -0.226. The van der Waals surface area contributed by atoms with E-state index in [-0.39, 0.29) is 23.6 Å². The number of carbonyl (C=O) groups is 1. The number of hydrogen-bond donors (Lipinski definition) is 1. The van der Waals surface area contributed by atoms with Crippen LogP contribution in [0.2, 0.25) is 0 Å². The van der Waals surface area contributed by atoms with E-state index in [2.05, 4.69) is 20.1 Å². The Balaban J connectivity index is 1.19. The Morgan fingerprint density at radius 3 is 2.67 bits per heavy atom. The average molecular weight is 369 g/mol. The summed E-state index contributed by atoms with van der Waals surface area (Å²) in [5, 5.41) is 12.1. The molecule has 2 atom stereocenters. The van der Waals surface area contributed by atoms with E-state index in [0.717, 1.165) is 69.2 Å². The van der Waals surface area contributed by atoms with Crippen LogP contribution in [0, 0.1) is 11.7 Å². The number of nitrogens with one attached hydrogen (secondary N) is 1. The molecule has 6 nitrogen and oxygen atoms in total. The van der Waals surface area contributed by atoms with Gasteiger partial charge in [-0.3, -0.25) is 4.79 Å². The first kappa shape index (κ1) is 16.9. The van der Waals surface area contributed by atoms with Gasteiger partial charge < -0.3 is 14.8 Å². The van der Waals surface area contributed by atoms with E-state index in [1.807, 2.05) is 17.0 Å². The van der Waals surface area contributed by atoms with Crippen molar-refractivity contribution in [2.24, 2.45) is 5.92 Å². The fourth-order valence-electron chi connectivity index (χ4n) is 4.56. The fraction of sp³-hybridized carbons (Fsp3) is 0.550. The van der Waals surface area contributed by atoms with Gasteiger partial charge in [-0.25, -0.2) is 4.39 Å². The maximum absolute atomic E-state index is 13.1. The van der Waals surface area contributed by atoms with Gasteiger partial charge >= 0.3 is 0 Å². The summed E-state index contributed by atoms with van der Waals surface area (Å²) in [6, 6.07) is 6.58. The van der Waals surface area contributed by atoms with E-state index in [0.29, 0.717) is 5.92 Å². The number of fused-ring (bicyclic) bond motifs is 1. The third-order valence-electron chi connectivity index (χ3n) is 6.23. The second-order valence-corrected chi connectivity index (χ2v) is 7.90. The van der Waals surface area contributed by atoms with Gasteiger partial charge in [0.25, 0.3) is 0 Å². The predicted octanol–water partition coefficient (Wildman–Crippen LogP) is 2.03. The highest BCUT2D eigenvalue weighted by Gasteiger charge is 2.46. The molecule has 1 saturated carbocycles. The van der Waals surface area contributed by atoms with Crippen LogP contribution in [-0.4, -0.2) is 45.2 Å². The Morgan fingerprint density at radius 2 is 1.89 bits per heavy atom. The first-order valence-electron chi connectivity index (χ1n) is 9.87. The van der Waals surface area contributed by atoms with Crippen LogP contribution in [0.25, 0.3) is 0 Å². The van der Waals surface area contributed by atoms with Crippen LogP contribution < -0.4 is 5.32 Å². The van der Waals surface area contributed by atoms with Crippen LogP contribution in [0.3, 0.4) is 0 Å². The number of nitrogens with zero attached hydrogens (tertiary/aromatic N) is 4. The van der Waals surface area contributed by atoms with Crippen molar-refractivity contribution in [2.75, 3.05) is 19.6 Å². The van der Waals surface area contributed by atoms with Crippen molar-refractivity contribution in [3.05, 3.63) is 47.3 Å². The monoisotopic (exact) mass is 369 g/mol. The summed E-state index contributed by atoms with van der Waals surface area (Å²) < 4.78 is 15.3. The zero-order valence-electron chi connectivity index (χ0n) is 15.3. The van der Waals surface area contributed by atoms with Gasteiger partial charge in [0, 0.05) is 38.0 Å². The van der Waals surface area contributed by atoms with E-state index >= 15 is 0 Å². The van der Waals surface area contributed by atoms with Crippen molar-refractivity contribution in [1.29, 1.82) is 0 Å². The van der Waals surface area contributed by atoms with Crippen molar-refractivity contribution in [1.82, 2.24) is 25.0 Å². The van der Waals surface area contributed by atoms with Crippen molar-refractivity contribution < 1.29 is 9.18 Å². The van der Waals surface area contributed by atoms with Crippen LogP contribution >= 0.6 is 0 Å². The summed E-state index contributed by atoms with van der Waals surface area (Å²) in [6.07, 6.45) is 2.78. The Hall–Kier alpha value is -2.28. The second kappa shape index (κ2) is 6.71. The van der Waals surface area contributed by atoms with Crippen molar-refractivity contribution >= 4 is 5.91 Å². The lowest BCUT2D eigenvalue weighted by Crippen LogP contribution is -2.39. The molecule has 2 unspecified atom stereocenters. The number of benzene rings is 1. The maximum Gasteiger partial charge on any atom is 0.226 e. The number of piperidine rings is 1. The summed E-state index contributed by atoms with van der Waals surface area (Å²) in [7, 11) is 0. The quantitative estimate of drug-likeness (QED) is 0.899. The second-order valence-electron chi connectivity index (χ2n) is 7.90. The highest BCUT2D eigenvalue weighted by atomic mass is 19.1. The fourth-order valence-corrected chi connectivity index (χ4v) is 4.56. The summed E-state index contributed by atoms with van der Waals surface area (Å²) in [5.74, 6) is 2.86. The highest BCUT2D eigenvalue weighted by Crippen LogP contribution is 2.48. The number of halogens is 1. The largest absolute Gasteiger partial charge is 0.342 e. The first-order chi connectivity index (χ1) is 13.2. The van der Waals surface area contributed by atoms with E-state index in [1.54, 1.807) is 0 Å². The summed E-state index contributed by atoms with van der Waals surface area (Å²) in [6.45, 7) is 4.25. The summed E-state index contributed by atoms with van der Waals surface area (Å²) in [5.41, 5.74) is 1.08. The molecule has 1 aromatic carbocycles. The van der Waals surface area contributed by atoms with Gasteiger partial charge in [0.05, 0.1) is 6.54 Å². The SMILES string of the molecule is O=C(C1CC1c1ccc(F)cc1)N1CCC(c2nnc3n2CCNC3)CC1. The molecule has 1 saturated heterocycles. The van der Waals surface area contributed by atoms with Crippen molar-refractivity contribution in [3.8, 4) is 0 Å². The minimum absolute atomic E-state index is 0.0685. The van der Waals surface area contributed by atoms with Crippen LogP contribution in [0.5, 0.6) is 0 Å². The molecule has 2 aromatic rings. The zero-order chi connectivity index (χ0) is 18.4. The van der Waals surface area contributed by atoms with Crippen molar-refractivity contribution in [2.45, 2.75) is 44.2 Å². The van der Waals surface area contributed by atoms with Crippen LogP contribution in [0.1, 0.15) is 48.3 Å². The molecule has 27 heavy (non-hydrogen) atoms. The number of rotatable bonds is 3. The Kier molecular flexibility index (Phi) is 4.19. The van der Waals surface area contributed by atoms with Gasteiger partial charge in [-0.15, -0.1) is 10.2 Å². The molecule has 2 aliphatic heterocycles. The Bertz CT molecular complexity index is 841. The van der Waals surface area contributed by atoms with Gasteiger partial charge in [-0.2, -0.15) is 0 Å². The van der Waals surface area contributed by atoms with Crippen molar-refractivity contribution in [3.63, 3.8) is 0 Å². The molecule has 142 valence electrons. The number of hydrogen-bond acceptors (Lipinski definition) is 4. The molecule has 0 radical (unpaired) electrons. The molecule has 3 heterocycles. The van der Waals surface area contributed by atoms with E-state index in [1.165, 1.54) is 12.1 Å². The van der Waals surface area contributed by atoms with Crippen LogP contribution in [0.15, 0.2) is 24.3 Å². The molecule has 1 N–H and O–H groups in total. The molecule has 1 aliphatic carbocycles. The molecule has 1 amide bonds. The molecular formula is C20H24FN5O. The van der Waals surface area contributed by atoms with Gasteiger partial charge in [-0.1, -0.05) is 12.1 Å². The van der Waals surface area contributed by atoms with E-state index in [9.17, 15) is 9.18 Å². The standard InChI is InChI=1S/C20H24FN5O/c21-15-3-1-13(2-4-15)16-11-17(16)20(27)25-8-5-14(6-9-25)19-24-23-18-12-22-7-10-26(18)19/h1-4,14,16-17,22H,5-12H2. The molecule has 1 aromatic heterocycles. The smallest absolute Gasteiger partial charge is 0.226 e. The maximum atomic E-state index is 13.1. The average Bonchev–Trinajstić information content (AvgIpc) is 3.39. The third kappa shape index (κ3) is 3.14. The lowest BCUT2D eigenvalue weighted by molar-refractivity contribution is -0.133. The first-order valence-corrected chi connectivity index (χ1v) is 9.87. The number of likely N-dealkylation sites (tertiary alicyclic amines) is 1. The highest BCUT2D eigenvalue weighted by molar-refractivity contribution is 5.83. The molecule has 7 heteroatoms. The van der Waals surface area contributed by atoms with E-state index in [4.69, 9.17) is 0 Å². The zero-order valence-corrected chi connectivity index (χ0v) is 15.3. The third-order valence-corrected chi connectivity index (χ3v) is 6.23. The number of carbonyl (C=O) groups excluding carboxylic acids is 1. The van der Waals surface area contributed by atoms with Gasteiger partial charge in [0.15, 0.2) is 0 Å².